The van der Waals surface area contributed by atoms with Crippen LogP contribution in [0.5, 0.6) is 0 Å². The van der Waals surface area contributed by atoms with Crippen molar-refractivity contribution in [2.75, 3.05) is 6.54 Å². The molecule has 1 aromatic rings. The Balaban J connectivity index is 1.96. The molecule has 0 radical (unpaired) electrons. The summed E-state index contributed by atoms with van der Waals surface area (Å²) in [6.45, 7) is 5.15. The Morgan fingerprint density at radius 1 is 1.19 bits per heavy atom. The highest BCUT2D eigenvalue weighted by Gasteiger charge is 2.35. The molecule has 1 fully saturated rings. The molecular weight excluding hydrogens is 272 g/mol. The second-order valence-electron chi connectivity index (χ2n) is 6.53. The van der Waals surface area contributed by atoms with E-state index in [1.807, 2.05) is 0 Å². The molecule has 2 N–H and O–H groups in total. The van der Waals surface area contributed by atoms with Crippen LogP contribution in [-0.2, 0) is 11.3 Å². The first-order chi connectivity index (χ1) is 9.94. The molecular formula is C17H25F2NO. The Morgan fingerprint density at radius 2 is 1.76 bits per heavy atom. The molecule has 0 heterocycles. The first-order valence-corrected chi connectivity index (χ1v) is 7.73. The normalized spacial score (nSPS) is 26.3. The van der Waals surface area contributed by atoms with E-state index >= 15 is 0 Å². The van der Waals surface area contributed by atoms with Crippen molar-refractivity contribution in [3.05, 3.63) is 35.4 Å². The zero-order chi connectivity index (χ0) is 15.5. The summed E-state index contributed by atoms with van der Waals surface area (Å²) in [6.07, 6.45) is 4.05. The number of nitrogens with two attached hydrogens (primary N) is 1. The van der Waals surface area contributed by atoms with Gasteiger partial charge in [0.25, 0.3) is 0 Å². The van der Waals surface area contributed by atoms with Crippen LogP contribution in [0.25, 0.3) is 0 Å². The molecule has 118 valence electrons. The van der Waals surface area contributed by atoms with Gasteiger partial charge in [0.05, 0.1) is 12.2 Å². The first-order valence-electron chi connectivity index (χ1n) is 7.73. The summed E-state index contributed by atoms with van der Waals surface area (Å²) in [6, 6.07) is 3.50. The molecule has 0 aliphatic heterocycles. The number of hydrogen-bond donors (Lipinski definition) is 1. The molecule has 21 heavy (non-hydrogen) atoms. The fourth-order valence-corrected chi connectivity index (χ4v) is 3.17. The SMILES string of the molecule is CC(C)C1CCC(CN)(OCc2cc(F)cc(F)c2)CC1. The third-order valence-electron chi connectivity index (χ3n) is 4.72. The zero-order valence-electron chi connectivity index (χ0n) is 12.9. The van der Waals surface area contributed by atoms with E-state index in [0.717, 1.165) is 37.7 Å². The van der Waals surface area contributed by atoms with Crippen LogP contribution < -0.4 is 5.73 Å². The molecule has 1 aliphatic carbocycles. The van der Waals surface area contributed by atoms with E-state index < -0.39 is 11.6 Å². The van der Waals surface area contributed by atoms with Crippen LogP contribution in [0.4, 0.5) is 8.78 Å². The third kappa shape index (κ3) is 4.24. The Bertz CT molecular complexity index is 448. The van der Waals surface area contributed by atoms with E-state index in [0.29, 0.717) is 18.0 Å². The van der Waals surface area contributed by atoms with E-state index in [4.69, 9.17) is 10.5 Å². The molecule has 2 rings (SSSR count). The van der Waals surface area contributed by atoms with Crippen molar-refractivity contribution in [1.29, 1.82) is 0 Å². The van der Waals surface area contributed by atoms with Gasteiger partial charge in [-0.05, 0) is 55.2 Å². The van der Waals surface area contributed by atoms with Crippen LogP contribution in [-0.4, -0.2) is 12.1 Å². The lowest BCUT2D eigenvalue weighted by atomic mass is 9.74. The first kappa shape index (κ1) is 16.4. The summed E-state index contributed by atoms with van der Waals surface area (Å²) in [7, 11) is 0. The predicted octanol–water partition coefficient (Wildman–Crippen LogP) is 4.03. The van der Waals surface area contributed by atoms with Gasteiger partial charge in [-0.1, -0.05) is 13.8 Å². The highest BCUT2D eigenvalue weighted by Crippen LogP contribution is 2.38. The largest absolute Gasteiger partial charge is 0.369 e. The summed E-state index contributed by atoms with van der Waals surface area (Å²) < 4.78 is 32.4. The summed E-state index contributed by atoms with van der Waals surface area (Å²) in [5.41, 5.74) is 6.09. The van der Waals surface area contributed by atoms with Crippen molar-refractivity contribution in [3.63, 3.8) is 0 Å². The number of halogens is 2. The molecule has 0 spiro atoms. The number of ether oxygens (including phenoxy) is 1. The Labute approximate surface area is 125 Å². The maximum atomic E-state index is 13.2. The monoisotopic (exact) mass is 297 g/mol. The lowest BCUT2D eigenvalue weighted by Gasteiger charge is -2.40. The van der Waals surface area contributed by atoms with Crippen molar-refractivity contribution in [2.24, 2.45) is 17.6 Å². The van der Waals surface area contributed by atoms with Gasteiger partial charge in [-0.25, -0.2) is 8.78 Å². The molecule has 1 saturated carbocycles. The van der Waals surface area contributed by atoms with Crippen LogP contribution in [0, 0.1) is 23.5 Å². The molecule has 1 aromatic carbocycles. The van der Waals surface area contributed by atoms with Gasteiger partial charge in [-0.3, -0.25) is 0 Å². The van der Waals surface area contributed by atoms with E-state index in [9.17, 15) is 8.78 Å². The van der Waals surface area contributed by atoms with Crippen LogP contribution in [0.2, 0.25) is 0 Å². The lowest BCUT2D eigenvalue weighted by Crippen LogP contribution is -2.44. The average molecular weight is 297 g/mol. The maximum absolute atomic E-state index is 13.2. The van der Waals surface area contributed by atoms with Gasteiger partial charge >= 0.3 is 0 Å². The smallest absolute Gasteiger partial charge is 0.126 e. The fraction of sp³-hybridized carbons (Fsp3) is 0.647. The summed E-state index contributed by atoms with van der Waals surface area (Å²) in [4.78, 5) is 0. The van der Waals surface area contributed by atoms with E-state index in [1.54, 1.807) is 0 Å². The van der Waals surface area contributed by atoms with Crippen molar-refractivity contribution >= 4 is 0 Å². The average Bonchev–Trinajstić information content (AvgIpc) is 2.44. The van der Waals surface area contributed by atoms with Crippen LogP contribution in [0.3, 0.4) is 0 Å². The standard InChI is InChI=1S/C17H25F2NO/c1-12(2)14-3-5-17(11-20,6-4-14)21-10-13-7-15(18)9-16(19)8-13/h7-9,12,14H,3-6,10-11,20H2,1-2H3. The predicted molar refractivity (Wildman–Crippen MR) is 79.7 cm³/mol. The van der Waals surface area contributed by atoms with Gasteiger partial charge in [-0.2, -0.15) is 0 Å². The van der Waals surface area contributed by atoms with Gasteiger partial charge in [0.1, 0.15) is 11.6 Å². The molecule has 0 atom stereocenters. The topological polar surface area (TPSA) is 35.2 Å². The van der Waals surface area contributed by atoms with Crippen molar-refractivity contribution in [2.45, 2.75) is 51.7 Å². The molecule has 0 bridgehead atoms. The van der Waals surface area contributed by atoms with Crippen LogP contribution in [0.15, 0.2) is 18.2 Å². The summed E-state index contributed by atoms with van der Waals surface area (Å²) in [5.74, 6) is 0.260. The highest BCUT2D eigenvalue weighted by atomic mass is 19.1. The minimum atomic E-state index is -0.570. The molecule has 0 amide bonds. The number of hydrogen-bond acceptors (Lipinski definition) is 2. The van der Waals surface area contributed by atoms with E-state index in [2.05, 4.69) is 13.8 Å². The second kappa shape index (κ2) is 6.84. The summed E-state index contributed by atoms with van der Waals surface area (Å²) >= 11 is 0. The number of rotatable bonds is 5. The van der Waals surface area contributed by atoms with Gasteiger partial charge in [-0.15, -0.1) is 0 Å². The van der Waals surface area contributed by atoms with Crippen LogP contribution in [0.1, 0.15) is 45.1 Å². The minimum absolute atomic E-state index is 0.207. The maximum Gasteiger partial charge on any atom is 0.126 e. The quantitative estimate of drug-likeness (QED) is 0.890. The lowest BCUT2D eigenvalue weighted by molar-refractivity contribution is -0.0842. The molecule has 4 heteroatoms. The van der Waals surface area contributed by atoms with Crippen LogP contribution >= 0.6 is 0 Å². The van der Waals surface area contributed by atoms with Crippen molar-refractivity contribution in [1.82, 2.24) is 0 Å². The van der Waals surface area contributed by atoms with Crippen molar-refractivity contribution < 1.29 is 13.5 Å². The third-order valence-corrected chi connectivity index (χ3v) is 4.72. The molecule has 0 unspecified atom stereocenters. The Kier molecular flexibility index (Phi) is 5.33. The fourth-order valence-electron chi connectivity index (χ4n) is 3.17. The Morgan fingerprint density at radius 3 is 2.24 bits per heavy atom. The molecule has 0 aromatic heterocycles. The summed E-state index contributed by atoms with van der Waals surface area (Å²) in [5, 5.41) is 0. The Hall–Kier alpha value is -1.00. The van der Waals surface area contributed by atoms with Gasteiger partial charge in [0.15, 0.2) is 0 Å². The molecule has 1 aliphatic rings. The zero-order valence-corrected chi connectivity index (χ0v) is 12.9. The molecule has 2 nitrogen and oxygen atoms in total. The van der Waals surface area contributed by atoms with Crippen molar-refractivity contribution in [3.8, 4) is 0 Å². The van der Waals surface area contributed by atoms with Gasteiger partial charge in [0.2, 0.25) is 0 Å². The highest BCUT2D eigenvalue weighted by molar-refractivity contribution is 5.17. The number of benzene rings is 1. The van der Waals surface area contributed by atoms with Gasteiger partial charge < -0.3 is 10.5 Å². The molecule has 0 saturated heterocycles. The van der Waals surface area contributed by atoms with E-state index in [-0.39, 0.29) is 12.2 Å². The van der Waals surface area contributed by atoms with E-state index in [1.165, 1.54) is 12.1 Å². The van der Waals surface area contributed by atoms with Gasteiger partial charge in [0, 0.05) is 12.6 Å². The second-order valence-corrected chi connectivity index (χ2v) is 6.53. The minimum Gasteiger partial charge on any atom is -0.369 e.